The van der Waals surface area contributed by atoms with Crippen LogP contribution in [0.2, 0.25) is 0 Å². The molecule has 3 aliphatic rings. The van der Waals surface area contributed by atoms with Crippen molar-refractivity contribution in [1.82, 2.24) is 0 Å². The molecule has 0 bridgehead atoms. The Morgan fingerprint density at radius 3 is 1.28 bits per heavy atom. The lowest BCUT2D eigenvalue weighted by atomic mass is 9.81. The smallest absolute Gasteiger partial charge is 0.0468 e. The summed E-state index contributed by atoms with van der Waals surface area (Å²) in [5.41, 5.74) is 21.2. The van der Waals surface area contributed by atoms with Gasteiger partial charge in [0.1, 0.15) is 0 Å². The van der Waals surface area contributed by atoms with E-state index < -0.39 is 0 Å². The molecular formula is C46H41N. The lowest BCUT2D eigenvalue weighted by Crippen LogP contribution is -2.17. The summed E-state index contributed by atoms with van der Waals surface area (Å²) in [5.74, 6) is 0. The first-order valence-corrected chi connectivity index (χ1v) is 17.0. The monoisotopic (exact) mass is 607 g/mol. The molecule has 0 saturated heterocycles. The Morgan fingerprint density at radius 2 is 0.723 bits per heavy atom. The van der Waals surface area contributed by atoms with Crippen molar-refractivity contribution >= 4 is 17.1 Å². The van der Waals surface area contributed by atoms with Crippen LogP contribution in [0.1, 0.15) is 80.5 Å². The minimum atomic E-state index is -0.0832. The van der Waals surface area contributed by atoms with Crippen LogP contribution in [0.5, 0.6) is 0 Å². The molecule has 0 atom stereocenters. The first-order valence-electron chi connectivity index (χ1n) is 17.0. The summed E-state index contributed by atoms with van der Waals surface area (Å²) in [6.07, 6.45) is 0. The Balaban J connectivity index is 1.27. The molecule has 0 aromatic heterocycles. The second kappa shape index (κ2) is 9.35. The van der Waals surface area contributed by atoms with Crippen LogP contribution >= 0.6 is 0 Å². The van der Waals surface area contributed by atoms with Gasteiger partial charge in [-0.25, -0.2) is 0 Å². The van der Waals surface area contributed by atoms with Gasteiger partial charge in [-0.1, -0.05) is 132 Å². The van der Waals surface area contributed by atoms with Crippen LogP contribution in [0.3, 0.4) is 0 Å². The molecule has 0 spiro atoms. The summed E-state index contributed by atoms with van der Waals surface area (Å²) >= 11 is 0. The highest BCUT2D eigenvalue weighted by molar-refractivity contribution is 5.91. The van der Waals surface area contributed by atoms with Gasteiger partial charge >= 0.3 is 0 Å². The molecule has 0 fully saturated rings. The Kier molecular flexibility index (Phi) is 5.64. The number of hydrogen-bond acceptors (Lipinski definition) is 1. The molecule has 6 aromatic rings. The van der Waals surface area contributed by atoms with Crippen LogP contribution in [0, 0.1) is 6.92 Å². The van der Waals surface area contributed by atoms with Crippen molar-refractivity contribution in [3.8, 4) is 33.4 Å². The molecule has 0 N–H and O–H groups in total. The van der Waals surface area contributed by atoms with E-state index in [2.05, 4.69) is 175 Å². The van der Waals surface area contributed by atoms with Crippen LogP contribution < -0.4 is 4.90 Å². The Bertz CT molecular complexity index is 2190. The largest absolute Gasteiger partial charge is 0.310 e. The van der Waals surface area contributed by atoms with Gasteiger partial charge in [0, 0.05) is 33.3 Å². The van der Waals surface area contributed by atoms with Crippen molar-refractivity contribution in [3.63, 3.8) is 0 Å². The van der Waals surface area contributed by atoms with Crippen molar-refractivity contribution in [1.29, 1.82) is 0 Å². The van der Waals surface area contributed by atoms with E-state index in [1.165, 1.54) is 89.4 Å². The zero-order chi connectivity index (χ0) is 32.5. The average molecular weight is 608 g/mol. The fourth-order valence-corrected chi connectivity index (χ4v) is 9.12. The number of benzene rings is 6. The van der Waals surface area contributed by atoms with E-state index in [9.17, 15) is 0 Å². The Labute approximate surface area is 279 Å². The van der Waals surface area contributed by atoms with Crippen LogP contribution in [-0.4, -0.2) is 0 Å². The fourth-order valence-electron chi connectivity index (χ4n) is 9.12. The molecule has 1 nitrogen and oxygen atoms in total. The third-order valence-electron chi connectivity index (χ3n) is 11.7. The molecule has 0 saturated carbocycles. The van der Waals surface area contributed by atoms with Gasteiger partial charge in [0.25, 0.3) is 0 Å². The molecule has 0 heterocycles. The van der Waals surface area contributed by atoms with Gasteiger partial charge in [0.15, 0.2) is 0 Å². The highest BCUT2D eigenvalue weighted by Crippen LogP contribution is 2.55. The van der Waals surface area contributed by atoms with Gasteiger partial charge in [-0.05, 0) is 110 Å². The van der Waals surface area contributed by atoms with Gasteiger partial charge in [0.05, 0.1) is 0 Å². The van der Waals surface area contributed by atoms with Crippen molar-refractivity contribution in [2.75, 3.05) is 4.90 Å². The third kappa shape index (κ3) is 3.77. The lowest BCUT2D eigenvalue weighted by Gasteiger charge is -2.30. The minimum absolute atomic E-state index is 0.0281. The van der Waals surface area contributed by atoms with Crippen LogP contribution in [-0.2, 0) is 16.2 Å². The van der Waals surface area contributed by atoms with E-state index in [0.29, 0.717) is 0 Å². The second-order valence-electron chi connectivity index (χ2n) is 15.5. The predicted molar refractivity (Wildman–Crippen MR) is 199 cm³/mol. The van der Waals surface area contributed by atoms with Crippen LogP contribution in [0.15, 0.2) is 121 Å². The molecule has 1 heteroatoms. The van der Waals surface area contributed by atoms with Gasteiger partial charge in [0.2, 0.25) is 0 Å². The normalized spacial score (nSPS) is 16.5. The van der Waals surface area contributed by atoms with Crippen LogP contribution in [0.25, 0.3) is 33.4 Å². The second-order valence-corrected chi connectivity index (χ2v) is 15.5. The molecule has 0 radical (unpaired) electrons. The number of rotatable bonds is 3. The fraction of sp³-hybridized carbons (Fsp3) is 0.217. The summed E-state index contributed by atoms with van der Waals surface area (Å²) < 4.78 is 0. The standard InChI is InChI=1S/C46H41N/c1-28-16-20-34-35-21-17-31(27-43(35)46(6,7)42(34)24-28)47(29-18-22-40-36(25-29)32-12-8-10-14-38(32)44(40,2)3)30-19-23-41-37(26-30)33-13-9-11-15-39(33)45(41,4)5/h8-27H,1-7H3. The van der Waals surface area contributed by atoms with Gasteiger partial charge < -0.3 is 4.90 Å². The van der Waals surface area contributed by atoms with E-state index in [4.69, 9.17) is 0 Å². The number of hydrogen-bond donors (Lipinski definition) is 0. The van der Waals surface area contributed by atoms with Crippen molar-refractivity contribution in [2.24, 2.45) is 0 Å². The van der Waals surface area contributed by atoms with E-state index >= 15 is 0 Å². The highest BCUT2D eigenvalue weighted by atomic mass is 15.1. The number of aryl methyl sites for hydroxylation is 1. The molecule has 230 valence electrons. The van der Waals surface area contributed by atoms with E-state index in [0.717, 1.165) is 0 Å². The van der Waals surface area contributed by atoms with Crippen molar-refractivity contribution in [2.45, 2.75) is 64.7 Å². The molecular weight excluding hydrogens is 567 g/mol. The maximum absolute atomic E-state index is 2.49. The van der Waals surface area contributed by atoms with Crippen molar-refractivity contribution < 1.29 is 0 Å². The summed E-state index contributed by atoms with van der Waals surface area (Å²) in [6.45, 7) is 16.4. The van der Waals surface area contributed by atoms with E-state index in [1.54, 1.807) is 0 Å². The van der Waals surface area contributed by atoms with E-state index in [-0.39, 0.29) is 16.2 Å². The molecule has 9 rings (SSSR count). The van der Waals surface area contributed by atoms with E-state index in [1.807, 2.05) is 0 Å². The van der Waals surface area contributed by atoms with Crippen molar-refractivity contribution in [3.05, 3.63) is 160 Å². The predicted octanol–water partition coefficient (Wildman–Crippen LogP) is 12.4. The quantitative estimate of drug-likeness (QED) is 0.193. The molecule has 47 heavy (non-hydrogen) atoms. The number of nitrogens with zero attached hydrogens (tertiary/aromatic N) is 1. The Morgan fingerprint density at radius 1 is 0.340 bits per heavy atom. The molecule has 3 aliphatic carbocycles. The third-order valence-corrected chi connectivity index (χ3v) is 11.7. The average Bonchev–Trinajstić information content (AvgIpc) is 3.54. The SMILES string of the molecule is Cc1ccc2c(c1)C(C)(C)c1cc(N(c3ccc4c(c3)-c3ccccc3C4(C)C)c3ccc4c(c3)-c3ccccc3C4(C)C)ccc1-2. The number of fused-ring (bicyclic) bond motifs is 9. The number of anilines is 3. The first kappa shape index (κ1) is 28.4. The highest BCUT2D eigenvalue weighted by Gasteiger charge is 2.39. The Hall–Kier alpha value is -4.88. The minimum Gasteiger partial charge on any atom is -0.310 e. The maximum Gasteiger partial charge on any atom is 0.0468 e. The summed E-state index contributed by atoms with van der Waals surface area (Å²) in [6, 6.07) is 46.3. The summed E-state index contributed by atoms with van der Waals surface area (Å²) in [5, 5.41) is 0. The van der Waals surface area contributed by atoms with Gasteiger partial charge in [-0.15, -0.1) is 0 Å². The lowest BCUT2D eigenvalue weighted by molar-refractivity contribution is 0.659. The molecule has 0 aliphatic heterocycles. The zero-order valence-electron chi connectivity index (χ0n) is 28.5. The molecule has 0 amide bonds. The maximum atomic E-state index is 2.49. The topological polar surface area (TPSA) is 3.24 Å². The summed E-state index contributed by atoms with van der Waals surface area (Å²) in [7, 11) is 0. The first-order chi connectivity index (χ1) is 22.5. The van der Waals surface area contributed by atoms with Gasteiger partial charge in [-0.2, -0.15) is 0 Å². The van der Waals surface area contributed by atoms with Gasteiger partial charge in [-0.3, -0.25) is 0 Å². The van der Waals surface area contributed by atoms with Crippen LogP contribution in [0.4, 0.5) is 17.1 Å². The zero-order valence-corrected chi connectivity index (χ0v) is 28.5. The molecule has 6 aromatic carbocycles. The summed E-state index contributed by atoms with van der Waals surface area (Å²) in [4.78, 5) is 2.49. The molecule has 0 unspecified atom stereocenters.